The molecule has 0 saturated carbocycles. The number of nitrogens with two attached hydrogens (primary N) is 1. The second-order valence-electron chi connectivity index (χ2n) is 5.32. The van der Waals surface area contributed by atoms with Crippen molar-refractivity contribution in [3.63, 3.8) is 0 Å². The third-order valence-corrected chi connectivity index (χ3v) is 3.64. The largest absolute Gasteiger partial charge is 0.326 e. The van der Waals surface area contributed by atoms with Crippen molar-refractivity contribution in [3.05, 3.63) is 0 Å². The van der Waals surface area contributed by atoms with E-state index in [0.717, 1.165) is 6.54 Å². The van der Waals surface area contributed by atoms with Crippen molar-refractivity contribution < 1.29 is 0 Å². The predicted molar refractivity (Wildman–Crippen MR) is 71.6 cm³/mol. The van der Waals surface area contributed by atoms with Gasteiger partial charge < -0.3 is 10.6 Å². The SMILES string of the molecule is CCCCCCCCCCN1CC[C@H](N)C1. The molecule has 1 saturated heterocycles. The fraction of sp³-hybridized carbons (Fsp3) is 1.00. The van der Waals surface area contributed by atoms with Gasteiger partial charge >= 0.3 is 0 Å². The van der Waals surface area contributed by atoms with Crippen LogP contribution in [0.2, 0.25) is 0 Å². The molecule has 1 aliphatic heterocycles. The number of likely N-dealkylation sites (tertiary alicyclic amines) is 1. The monoisotopic (exact) mass is 226 g/mol. The Balaban J connectivity index is 1.78. The number of unbranched alkanes of at least 4 members (excludes halogenated alkanes) is 7. The van der Waals surface area contributed by atoms with Crippen LogP contribution in [0.3, 0.4) is 0 Å². The van der Waals surface area contributed by atoms with Gasteiger partial charge in [0.05, 0.1) is 0 Å². The van der Waals surface area contributed by atoms with Crippen LogP contribution in [0.5, 0.6) is 0 Å². The quantitative estimate of drug-likeness (QED) is 0.612. The first-order valence-corrected chi connectivity index (χ1v) is 7.31. The van der Waals surface area contributed by atoms with Gasteiger partial charge in [0.25, 0.3) is 0 Å². The topological polar surface area (TPSA) is 29.3 Å². The molecule has 0 aromatic heterocycles. The average molecular weight is 226 g/mol. The normalized spacial score (nSPS) is 21.8. The molecule has 0 aliphatic carbocycles. The second kappa shape index (κ2) is 9.00. The lowest BCUT2D eigenvalue weighted by Gasteiger charge is -2.14. The first-order chi connectivity index (χ1) is 7.83. The number of hydrogen-bond acceptors (Lipinski definition) is 2. The van der Waals surface area contributed by atoms with Crippen molar-refractivity contribution in [3.8, 4) is 0 Å². The van der Waals surface area contributed by atoms with Crippen LogP contribution in [0, 0.1) is 0 Å². The van der Waals surface area contributed by atoms with E-state index in [9.17, 15) is 0 Å². The fourth-order valence-electron chi connectivity index (χ4n) is 2.54. The minimum atomic E-state index is 0.453. The Bertz CT molecular complexity index is 159. The van der Waals surface area contributed by atoms with Gasteiger partial charge in [-0.2, -0.15) is 0 Å². The number of nitrogens with zero attached hydrogens (tertiary/aromatic N) is 1. The Labute approximate surface area is 102 Å². The highest BCUT2D eigenvalue weighted by molar-refractivity contribution is 4.77. The van der Waals surface area contributed by atoms with E-state index in [4.69, 9.17) is 5.73 Å². The summed E-state index contributed by atoms with van der Waals surface area (Å²) in [5.74, 6) is 0. The van der Waals surface area contributed by atoms with Gasteiger partial charge in [-0.25, -0.2) is 0 Å². The molecule has 0 spiro atoms. The number of hydrogen-bond donors (Lipinski definition) is 1. The van der Waals surface area contributed by atoms with Crippen LogP contribution < -0.4 is 5.73 Å². The molecule has 1 aliphatic rings. The van der Waals surface area contributed by atoms with Crippen LogP contribution in [0.25, 0.3) is 0 Å². The summed E-state index contributed by atoms with van der Waals surface area (Å²) in [5.41, 5.74) is 5.88. The molecule has 1 fully saturated rings. The average Bonchev–Trinajstić information content (AvgIpc) is 2.68. The Morgan fingerprint density at radius 1 is 1.00 bits per heavy atom. The molecule has 1 rings (SSSR count). The predicted octanol–water partition coefficient (Wildman–Crippen LogP) is 3.16. The van der Waals surface area contributed by atoms with Crippen molar-refractivity contribution >= 4 is 0 Å². The van der Waals surface area contributed by atoms with Crippen molar-refractivity contribution in [1.82, 2.24) is 4.90 Å². The summed E-state index contributed by atoms with van der Waals surface area (Å²) >= 11 is 0. The van der Waals surface area contributed by atoms with Gasteiger partial charge in [-0.1, -0.05) is 51.9 Å². The van der Waals surface area contributed by atoms with Gasteiger partial charge in [-0.05, 0) is 25.9 Å². The first-order valence-electron chi connectivity index (χ1n) is 7.31. The van der Waals surface area contributed by atoms with E-state index < -0.39 is 0 Å². The molecule has 16 heavy (non-hydrogen) atoms. The van der Waals surface area contributed by atoms with Crippen molar-refractivity contribution in [2.24, 2.45) is 5.73 Å². The second-order valence-corrected chi connectivity index (χ2v) is 5.32. The maximum atomic E-state index is 5.88. The molecule has 96 valence electrons. The van der Waals surface area contributed by atoms with Gasteiger partial charge in [0, 0.05) is 12.6 Å². The molecular weight excluding hydrogens is 196 g/mol. The Morgan fingerprint density at radius 2 is 1.62 bits per heavy atom. The zero-order chi connectivity index (χ0) is 11.6. The van der Waals surface area contributed by atoms with Crippen LogP contribution in [0.15, 0.2) is 0 Å². The zero-order valence-corrected chi connectivity index (χ0v) is 11.1. The first kappa shape index (κ1) is 14.0. The van der Waals surface area contributed by atoms with E-state index in [1.165, 1.54) is 70.9 Å². The summed E-state index contributed by atoms with van der Waals surface area (Å²) in [7, 11) is 0. The molecule has 1 heterocycles. The van der Waals surface area contributed by atoms with Gasteiger partial charge in [-0.3, -0.25) is 0 Å². The molecule has 1 atom stereocenters. The standard InChI is InChI=1S/C14H30N2/c1-2-3-4-5-6-7-8-9-11-16-12-10-14(15)13-16/h14H,2-13,15H2,1H3/t14-/m0/s1. The lowest BCUT2D eigenvalue weighted by Crippen LogP contribution is -2.27. The highest BCUT2D eigenvalue weighted by Crippen LogP contribution is 2.11. The van der Waals surface area contributed by atoms with Crippen LogP contribution >= 0.6 is 0 Å². The maximum absolute atomic E-state index is 5.88. The molecule has 0 amide bonds. The maximum Gasteiger partial charge on any atom is 0.0180 e. The number of rotatable bonds is 9. The Morgan fingerprint density at radius 3 is 2.19 bits per heavy atom. The minimum Gasteiger partial charge on any atom is -0.326 e. The molecule has 0 radical (unpaired) electrons. The van der Waals surface area contributed by atoms with Crippen LogP contribution in [-0.2, 0) is 0 Å². The molecule has 0 aromatic rings. The summed E-state index contributed by atoms with van der Waals surface area (Å²) in [4.78, 5) is 2.53. The van der Waals surface area contributed by atoms with E-state index in [2.05, 4.69) is 11.8 Å². The minimum absolute atomic E-state index is 0.453. The summed E-state index contributed by atoms with van der Waals surface area (Å²) in [6.45, 7) is 5.93. The Kier molecular flexibility index (Phi) is 7.87. The van der Waals surface area contributed by atoms with Crippen molar-refractivity contribution in [1.29, 1.82) is 0 Å². The molecule has 2 N–H and O–H groups in total. The van der Waals surface area contributed by atoms with Gasteiger partial charge in [0.2, 0.25) is 0 Å². The van der Waals surface area contributed by atoms with Crippen LogP contribution in [0.1, 0.15) is 64.7 Å². The van der Waals surface area contributed by atoms with Crippen LogP contribution in [0.4, 0.5) is 0 Å². The van der Waals surface area contributed by atoms with E-state index in [1.807, 2.05) is 0 Å². The van der Waals surface area contributed by atoms with E-state index >= 15 is 0 Å². The van der Waals surface area contributed by atoms with Crippen molar-refractivity contribution in [2.75, 3.05) is 19.6 Å². The third-order valence-electron chi connectivity index (χ3n) is 3.64. The summed E-state index contributed by atoms with van der Waals surface area (Å²) in [6, 6.07) is 0.453. The fourth-order valence-corrected chi connectivity index (χ4v) is 2.54. The molecule has 0 aromatic carbocycles. The van der Waals surface area contributed by atoms with Gasteiger partial charge in [0.1, 0.15) is 0 Å². The van der Waals surface area contributed by atoms with E-state index in [1.54, 1.807) is 0 Å². The Hall–Kier alpha value is -0.0800. The van der Waals surface area contributed by atoms with E-state index in [0.29, 0.717) is 6.04 Å². The molecular formula is C14H30N2. The zero-order valence-electron chi connectivity index (χ0n) is 11.1. The van der Waals surface area contributed by atoms with Crippen molar-refractivity contribution in [2.45, 2.75) is 70.8 Å². The lowest BCUT2D eigenvalue weighted by molar-refractivity contribution is 0.323. The summed E-state index contributed by atoms with van der Waals surface area (Å²) < 4.78 is 0. The third kappa shape index (κ3) is 6.49. The highest BCUT2D eigenvalue weighted by atomic mass is 15.2. The highest BCUT2D eigenvalue weighted by Gasteiger charge is 2.17. The van der Waals surface area contributed by atoms with Gasteiger partial charge in [-0.15, -0.1) is 0 Å². The summed E-state index contributed by atoms with van der Waals surface area (Å²) in [6.07, 6.45) is 12.5. The van der Waals surface area contributed by atoms with Gasteiger partial charge in [0.15, 0.2) is 0 Å². The van der Waals surface area contributed by atoms with E-state index in [-0.39, 0.29) is 0 Å². The molecule has 2 nitrogen and oxygen atoms in total. The smallest absolute Gasteiger partial charge is 0.0180 e. The molecule has 0 bridgehead atoms. The molecule has 2 heteroatoms. The summed E-state index contributed by atoms with van der Waals surface area (Å²) in [5, 5.41) is 0. The molecule has 0 unspecified atom stereocenters. The lowest BCUT2D eigenvalue weighted by atomic mass is 10.1. The van der Waals surface area contributed by atoms with Crippen LogP contribution in [-0.4, -0.2) is 30.6 Å².